The predicted octanol–water partition coefficient (Wildman–Crippen LogP) is 5.30. The van der Waals surface area contributed by atoms with E-state index in [0.717, 1.165) is 11.1 Å². The minimum atomic E-state index is 0.00297. The molecular formula is C23H25N3O3S. The van der Waals surface area contributed by atoms with Crippen LogP contribution in [0.5, 0.6) is 11.5 Å². The molecule has 1 aromatic heterocycles. The number of benzene rings is 2. The van der Waals surface area contributed by atoms with Gasteiger partial charge in [-0.05, 0) is 55.7 Å². The number of hydrogen-bond donors (Lipinski definition) is 1. The summed E-state index contributed by atoms with van der Waals surface area (Å²) in [7, 11) is 1.61. The standard InChI is InChI=1S/C23H25N3O3S/c1-14-6-7-15(2)19(10-14)13-29-20-9-8-18(11-21(20)28-5)12-24-26-23-25-16(3)22(30-23)17(4)27/h6-12H,13H2,1-5H3,(H,25,26)/b24-12-. The zero-order valence-electron chi connectivity index (χ0n) is 17.8. The van der Waals surface area contributed by atoms with Gasteiger partial charge in [0.05, 0.1) is 23.9 Å². The number of ether oxygens (including phenoxy) is 2. The molecule has 1 heterocycles. The number of ketones is 1. The summed E-state index contributed by atoms with van der Waals surface area (Å²) in [6.45, 7) is 7.96. The molecule has 2 aromatic carbocycles. The zero-order chi connectivity index (χ0) is 21.7. The summed E-state index contributed by atoms with van der Waals surface area (Å²) >= 11 is 1.29. The van der Waals surface area contributed by atoms with Gasteiger partial charge < -0.3 is 9.47 Å². The van der Waals surface area contributed by atoms with Crippen molar-refractivity contribution in [3.63, 3.8) is 0 Å². The maximum Gasteiger partial charge on any atom is 0.204 e. The molecule has 0 saturated heterocycles. The van der Waals surface area contributed by atoms with Crippen LogP contribution in [-0.2, 0) is 6.61 Å². The first-order valence-electron chi connectivity index (χ1n) is 9.51. The van der Waals surface area contributed by atoms with Crippen molar-refractivity contribution in [1.29, 1.82) is 0 Å². The summed E-state index contributed by atoms with van der Waals surface area (Å²) in [5.74, 6) is 1.31. The SMILES string of the molecule is COc1cc(/C=N\Nc2nc(C)c(C(C)=O)s2)ccc1OCc1cc(C)ccc1C. The maximum atomic E-state index is 11.5. The molecule has 0 amide bonds. The molecule has 0 spiro atoms. The summed E-state index contributed by atoms with van der Waals surface area (Å²) in [4.78, 5) is 16.5. The maximum absolute atomic E-state index is 11.5. The van der Waals surface area contributed by atoms with Gasteiger partial charge in [-0.3, -0.25) is 10.2 Å². The number of aromatic nitrogens is 1. The van der Waals surface area contributed by atoms with E-state index in [1.807, 2.05) is 25.1 Å². The Morgan fingerprint density at radius 2 is 1.97 bits per heavy atom. The average Bonchev–Trinajstić information content (AvgIpc) is 3.09. The second-order valence-corrected chi connectivity index (χ2v) is 7.99. The van der Waals surface area contributed by atoms with Gasteiger partial charge >= 0.3 is 0 Å². The lowest BCUT2D eigenvalue weighted by Gasteiger charge is -2.13. The molecule has 3 rings (SSSR count). The summed E-state index contributed by atoms with van der Waals surface area (Å²) < 4.78 is 11.5. The number of nitrogens with zero attached hydrogens (tertiary/aromatic N) is 2. The molecule has 0 fully saturated rings. The van der Waals surface area contributed by atoms with E-state index >= 15 is 0 Å². The molecule has 0 saturated carbocycles. The van der Waals surface area contributed by atoms with E-state index in [-0.39, 0.29) is 5.78 Å². The molecule has 0 aliphatic heterocycles. The van der Waals surface area contributed by atoms with Crippen LogP contribution in [0, 0.1) is 20.8 Å². The van der Waals surface area contributed by atoms with Gasteiger partial charge in [-0.15, -0.1) is 0 Å². The Morgan fingerprint density at radius 3 is 2.67 bits per heavy atom. The van der Waals surface area contributed by atoms with Crippen molar-refractivity contribution in [2.75, 3.05) is 12.5 Å². The highest BCUT2D eigenvalue weighted by atomic mass is 32.1. The average molecular weight is 424 g/mol. The highest BCUT2D eigenvalue weighted by Crippen LogP contribution is 2.29. The van der Waals surface area contributed by atoms with Crippen LogP contribution in [0.3, 0.4) is 0 Å². The van der Waals surface area contributed by atoms with Crippen LogP contribution in [0.2, 0.25) is 0 Å². The molecule has 7 heteroatoms. The Bertz CT molecular complexity index is 1090. The fraction of sp³-hybridized carbons (Fsp3) is 0.261. The fourth-order valence-electron chi connectivity index (χ4n) is 2.93. The molecule has 0 aliphatic rings. The minimum Gasteiger partial charge on any atom is -0.493 e. The van der Waals surface area contributed by atoms with E-state index in [4.69, 9.17) is 9.47 Å². The van der Waals surface area contributed by atoms with Gasteiger partial charge in [-0.25, -0.2) is 4.98 Å². The van der Waals surface area contributed by atoms with E-state index in [1.54, 1.807) is 13.3 Å². The smallest absolute Gasteiger partial charge is 0.204 e. The van der Waals surface area contributed by atoms with E-state index < -0.39 is 0 Å². The predicted molar refractivity (Wildman–Crippen MR) is 121 cm³/mol. The van der Waals surface area contributed by atoms with Crippen molar-refractivity contribution < 1.29 is 14.3 Å². The number of methoxy groups -OCH3 is 1. The quantitative estimate of drug-likeness (QED) is 0.302. The van der Waals surface area contributed by atoms with E-state index in [9.17, 15) is 4.79 Å². The van der Waals surface area contributed by atoms with Gasteiger partial charge in [0.15, 0.2) is 17.3 Å². The second kappa shape index (κ2) is 9.54. The largest absolute Gasteiger partial charge is 0.493 e. The topological polar surface area (TPSA) is 72.8 Å². The van der Waals surface area contributed by atoms with E-state index in [0.29, 0.717) is 33.8 Å². The molecule has 30 heavy (non-hydrogen) atoms. The first-order valence-corrected chi connectivity index (χ1v) is 10.3. The number of thiazole rings is 1. The van der Waals surface area contributed by atoms with Crippen molar-refractivity contribution in [2.45, 2.75) is 34.3 Å². The van der Waals surface area contributed by atoms with E-state index in [2.05, 4.69) is 47.6 Å². The molecule has 0 aliphatic carbocycles. The van der Waals surface area contributed by atoms with Crippen molar-refractivity contribution in [3.8, 4) is 11.5 Å². The third-order valence-corrected chi connectivity index (χ3v) is 5.73. The number of rotatable bonds is 8. The second-order valence-electron chi connectivity index (χ2n) is 6.99. The number of hydrogen-bond acceptors (Lipinski definition) is 7. The van der Waals surface area contributed by atoms with Crippen LogP contribution in [0.25, 0.3) is 0 Å². The van der Waals surface area contributed by atoms with Crippen LogP contribution < -0.4 is 14.9 Å². The third kappa shape index (κ3) is 5.24. The van der Waals surface area contributed by atoms with E-state index in [1.165, 1.54) is 29.4 Å². The summed E-state index contributed by atoms with van der Waals surface area (Å²) in [5.41, 5.74) is 7.97. The molecule has 0 bridgehead atoms. The van der Waals surface area contributed by atoms with Crippen molar-refractivity contribution in [3.05, 3.63) is 69.2 Å². The number of aryl methyl sites for hydroxylation is 3. The number of carbonyl (C=O) groups excluding carboxylic acids is 1. The van der Waals surface area contributed by atoms with Crippen LogP contribution in [-0.4, -0.2) is 24.1 Å². The van der Waals surface area contributed by atoms with Gasteiger partial charge in [0.25, 0.3) is 0 Å². The number of hydrazone groups is 1. The number of anilines is 1. The monoisotopic (exact) mass is 423 g/mol. The molecule has 0 atom stereocenters. The molecule has 6 nitrogen and oxygen atoms in total. The Kier molecular flexibility index (Phi) is 6.84. The summed E-state index contributed by atoms with van der Waals surface area (Å²) in [6, 6.07) is 12.0. The number of Topliss-reactive ketones (excluding diaryl/α,β-unsaturated/α-hetero) is 1. The lowest BCUT2D eigenvalue weighted by Crippen LogP contribution is -2.00. The van der Waals surface area contributed by atoms with Gasteiger partial charge in [0.2, 0.25) is 5.13 Å². The summed E-state index contributed by atoms with van der Waals surface area (Å²) in [5, 5.41) is 4.79. The Labute approximate surface area is 180 Å². The van der Waals surface area contributed by atoms with Gasteiger partial charge in [-0.2, -0.15) is 5.10 Å². The van der Waals surface area contributed by atoms with Crippen LogP contribution in [0.1, 0.15) is 44.5 Å². The third-order valence-electron chi connectivity index (χ3n) is 4.57. The van der Waals surface area contributed by atoms with Crippen molar-refractivity contribution in [2.24, 2.45) is 5.10 Å². The Morgan fingerprint density at radius 1 is 1.17 bits per heavy atom. The number of nitrogens with one attached hydrogen (secondary N) is 1. The highest BCUT2D eigenvalue weighted by Gasteiger charge is 2.11. The first-order chi connectivity index (χ1) is 14.4. The van der Waals surface area contributed by atoms with Crippen LogP contribution >= 0.6 is 11.3 Å². The first kappa shape index (κ1) is 21.5. The molecule has 1 N–H and O–H groups in total. The Balaban J connectivity index is 1.67. The van der Waals surface area contributed by atoms with Gasteiger partial charge in [0, 0.05) is 6.92 Å². The molecule has 156 valence electrons. The molecule has 0 radical (unpaired) electrons. The Hall–Kier alpha value is -3.19. The molecule has 3 aromatic rings. The lowest BCUT2D eigenvalue weighted by atomic mass is 10.1. The normalized spacial score (nSPS) is 11.0. The van der Waals surface area contributed by atoms with Gasteiger partial charge in [-0.1, -0.05) is 35.1 Å². The zero-order valence-corrected chi connectivity index (χ0v) is 18.6. The lowest BCUT2D eigenvalue weighted by molar-refractivity contribution is 0.102. The minimum absolute atomic E-state index is 0.00297. The molecule has 0 unspecified atom stereocenters. The highest BCUT2D eigenvalue weighted by molar-refractivity contribution is 7.17. The van der Waals surface area contributed by atoms with Gasteiger partial charge in [0.1, 0.15) is 6.61 Å². The van der Waals surface area contributed by atoms with Crippen molar-refractivity contribution >= 4 is 28.5 Å². The summed E-state index contributed by atoms with van der Waals surface area (Å²) in [6.07, 6.45) is 1.67. The number of carbonyl (C=O) groups is 1. The fourth-order valence-corrected chi connectivity index (χ4v) is 3.74. The van der Waals surface area contributed by atoms with Crippen molar-refractivity contribution in [1.82, 2.24) is 4.98 Å². The van der Waals surface area contributed by atoms with Crippen LogP contribution in [0.4, 0.5) is 5.13 Å². The molecular weight excluding hydrogens is 398 g/mol. The van der Waals surface area contributed by atoms with Crippen LogP contribution in [0.15, 0.2) is 41.5 Å².